The van der Waals surface area contributed by atoms with E-state index >= 15 is 0 Å². The van der Waals surface area contributed by atoms with Gasteiger partial charge in [0.05, 0.1) is 7.11 Å². The summed E-state index contributed by atoms with van der Waals surface area (Å²) in [6, 6.07) is 29.0. The maximum Gasteiger partial charge on any atom is 0.0751 e. The Morgan fingerprint density at radius 1 is 0.886 bits per heavy atom. The number of ether oxygens (including phenoxy) is 1. The molecule has 5 aromatic rings. The number of pyridine rings is 2. The summed E-state index contributed by atoms with van der Waals surface area (Å²) in [5.74, 6) is 0.640. The zero-order valence-electron chi connectivity index (χ0n) is 19.6. The minimum atomic E-state index is -0.382. The Kier molecular flexibility index (Phi) is 7.11. The quantitative estimate of drug-likeness (QED) is 0.195. The van der Waals surface area contributed by atoms with Crippen LogP contribution in [-0.4, -0.2) is 17.1 Å². The van der Waals surface area contributed by atoms with E-state index in [2.05, 4.69) is 48.1 Å². The van der Waals surface area contributed by atoms with Crippen LogP contribution >= 0.6 is 0 Å². The van der Waals surface area contributed by atoms with E-state index in [0.29, 0.717) is 5.56 Å². The number of methoxy groups -OCH3 is 1. The summed E-state index contributed by atoms with van der Waals surface area (Å²) in [5.41, 5.74) is 4.93. The van der Waals surface area contributed by atoms with E-state index in [1.165, 1.54) is 6.07 Å². The summed E-state index contributed by atoms with van der Waals surface area (Å²) in [6.45, 7) is 4.13. The molecule has 0 N–H and O–H groups in total. The van der Waals surface area contributed by atoms with Gasteiger partial charge in [-0.25, -0.2) is 4.39 Å². The van der Waals surface area contributed by atoms with Gasteiger partial charge in [-0.1, -0.05) is 49.7 Å². The number of rotatable bonds is 2. The van der Waals surface area contributed by atoms with Gasteiger partial charge < -0.3 is 14.7 Å². The third-order valence-corrected chi connectivity index (χ3v) is 6.22. The molecule has 0 spiro atoms. The zero-order chi connectivity index (χ0) is 23.7. The molecule has 0 bridgehead atoms. The van der Waals surface area contributed by atoms with Crippen LogP contribution in [-0.2, 0) is 25.5 Å². The molecule has 0 saturated carbocycles. The van der Waals surface area contributed by atoms with E-state index in [-0.39, 0.29) is 31.3 Å². The fourth-order valence-corrected chi connectivity index (χ4v) is 4.59. The molecular formula is C30H23FIrN2O-2. The Bertz CT molecular complexity index is 1480. The zero-order valence-corrected chi connectivity index (χ0v) is 22.0. The van der Waals surface area contributed by atoms with Crippen LogP contribution in [0.4, 0.5) is 4.39 Å². The Labute approximate surface area is 218 Å². The Morgan fingerprint density at radius 2 is 1.71 bits per heavy atom. The Morgan fingerprint density at radius 3 is 2.49 bits per heavy atom. The summed E-state index contributed by atoms with van der Waals surface area (Å²) in [7, 11) is 1.65. The molecule has 0 saturated heterocycles. The van der Waals surface area contributed by atoms with Crippen molar-refractivity contribution in [3.05, 3.63) is 114 Å². The molecular weight excluding hydrogens is 616 g/mol. The van der Waals surface area contributed by atoms with Gasteiger partial charge in [0.2, 0.25) is 0 Å². The summed E-state index contributed by atoms with van der Waals surface area (Å²) in [5, 5.41) is 2.26. The van der Waals surface area contributed by atoms with E-state index in [9.17, 15) is 4.39 Å². The first-order valence-electron chi connectivity index (χ1n) is 11.1. The van der Waals surface area contributed by atoms with Crippen molar-refractivity contribution in [2.24, 2.45) is 0 Å². The third-order valence-electron chi connectivity index (χ3n) is 6.22. The number of nitrogens with zero attached hydrogens (tertiary/aromatic N) is 2. The summed E-state index contributed by atoms with van der Waals surface area (Å²) < 4.78 is 19.5. The van der Waals surface area contributed by atoms with Gasteiger partial charge in [-0.3, -0.25) is 0 Å². The third kappa shape index (κ3) is 4.50. The molecule has 2 aromatic heterocycles. The topological polar surface area (TPSA) is 35.0 Å². The van der Waals surface area contributed by atoms with Crippen molar-refractivity contribution in [3.8, 4) is 28.3 Å². The van der Waals surface area contributed by atoms with Crippen molar-refractivity contribution >= 4 is 10.8 Å². The van der Waals surface area contributed by atoms with Gasteiger partial charge in [0.15, 0.2) is 0 Å². The average molecular weight is 639 g/mol. The van der Waals surface area contributed by atoms with Crippen molar-refractivity contribution in [2.45, 2.75) is 19.3 Å². The van der Waals surface area contributed by atoms with Crippen molar-refractivity contribution in [1.82, 2.24) is 9.97 Å². The van der Waals surface area contributed by atoms with Crippen LogP contribution in [0.3, 0.4) is 0 Å². The van der Waals surface area contributed by atoms with E-state index in [1.807, 2.05) is 48.5 Å². The Hall–Kier alpha value is -3.40. The number of hydrogen-bond donors (Lipinski definition) is 0. The van der Waals surface area contributed by atoms with Gasteiger partial charge in [-0.05, 0) is 45.3 Å². The van der Waals surface area contributed by atoms with E-state index < -0.39 is 0 Å². The molecule has 1 aliphatic rings. The maximum atomic E-state index is 14.4. The minimum Gasteiger partial charge on any atom is -0.516 e. The van der Waals surface area contributed by atoms with Gasteiger partial charge in [-0.2, -0.15) is 0 Å². The van der Waals surface area contributed by atoms with E-state index in [1.54, 1.807) is 25.6 Å². The van der Waals surface area contributed by atoms with Crippen molar-refractivity contribution in [2.75, 3.05) is 7.11 Å². The molecule has 177 valence electrons. The molecule has 0 amide bonds. The average Bonchev–Trinajstić information content (AvgIpc) is 2.88. The van der Waals surface area contributed by atoms with Crippen LogP contribution in [0.15, 0.2) is 85.2 Å². The fourth-order valence-electron chi connectivity index (χ4n) is 4.59. The van der Waals surface area contributed by atoms with Crippen LogP contribution in [0.5, 0.6) is 5.75 Å². The summed E-state index contributed by atoms with van der Waals surface area (Å²) in [4.78, 5) is 8.73. The number of fused-ring (bicyclic) bond motifs is 2. The summed E-state index contributed by atoms with van der Waals surface area (Å²) in [6.07, 6.45) is 3.55. The van der Waals surface area contributed by atoms with Gasteiger partial charge in [0, 0.05) is 44.1 Å². The van der Waals surface area contributed by atoms with Crippen LogP contribution in [0.25, 0.3) is 33.3 Å². The number of halogens is 1. The van der Waals surface area contributed by atoms with Crippen LogP contribution in [0, 0.1) is 17.9 Å². The normalized spacial score (nSPS) is 12.6. The van der Waals surface area contributed by atoms with Gasteiger partial charge in [0.25, 0.3) is 0 Å². The molecule has 3 nitrogen and oxygen atoms in total. The second-order valence-electron chi connectivity index (χ2n) is 8.62. The molecule has 2 heterocycles. The second kappa shape index (κ2) is 10.1. The van der Waals surface area contributed by atoms with Crippen molar-refractivity contribution in [3.63, 3.8) is 0 Å². The molecule has 1 radical (unpaired) electrons. The number of benzene rings is 3. The molecule has 0 atom stereocenters. The largest absolute Gasteiger partial charge is 0.516 e. The van der Waals surface area contributed by atoms with E-state index in [0.717, 1.165) is 44.6 Å². The maximum absolute atomic E-state index is 14.4. The molecule has 6 rings (SSSR count). The predicted octanol–water partition coefficient (Wildman–Crippen LogP) is 7.04. The molecule has 35 heavy (non-hydrogen) atoms. The number of hydrogen-bond acceptors (Lipinski definition) is 3. The fraction of sp³-hybridized carbons (Fsp3) is 0.133. The SMILES string of the molecule is CC1(C)c2c([c-]ccc2F)-c2nccc3cccc1c23.COc1cc[c-]c(-c2ccccn2)c1.[Ir]. The van der Waals surface area contributed by atoms with Crippen molar-refractivity contribution in [1.29, 1.82) is 0 Å². The van der Waals surface area contributed by atoms with Crippen LogP contribution in [0.1, 0.15) is 25.0 Å². The summed E-state index contributed by atoms with van der Waals surface area (Å²) >= 11 is 0. The first kappa shape index (κ1) is 24.7. The predicted molar refractivity (Wildman–Crippen MR) is 133 cm³/mol. The molecule has 0 unspecified atom stereocenters. The molecule has 1 aliphatic carbocycles. The van der Waals surface area contributed by atoms with E-state index in [4.69, 9.17) is 4.74 Å². The second-order valence-corrected chi connectivity index (χ2v) is 8.62. The van der Waals surface area contributed by atoms with Crippen LogP contribution < -0.4 is 4.74 Å². The molecule has 5 heteroatoms. The Balaban J connectivity index is 0.000000171. The van der Waals surface area contributed by atoms with Crippen LogP contribution in [0.2, 0.25) is 0 Å². The standard InChI is InChI=1S/C18H13FN.C12H10NO.Ir/c1-18(2)13-7-3-5-11-9-10-20-17(15(11)13)12-6-4-8-14(19)16(12)18;1-14-11-6-4-5-10(9-11)12-7-2-3-8-13-12;/h3-5,7-10H,1-2H3;2-4,6-9H,1H3;/q2*-1;. The first-order chi connectivity index (χ1) is 16.5. The van der Waals surface area contributed by atoms with Gasteiger partial charge in [-0.15, -0.1) is 53.6 Å². The van der Waals surface area contributed by atoms with Crippen molar-refractivity contribution < 1.29 is 29.2 Å². The molecule has 0 fully saturated rings. The minimum absolute atomic E-state index is 0. The monoisotopic (exact) mass is 639 g/mol. The van der Waals surface area contributed by atoms with Gasteiger partial charge in [0.1, 0.15) is 0 Å². The molecule has 0 aliphatic heterocycles. The first-order valence-corrected chi connectivity index (χ1v) is 11.1. The smallest absolute Gasteiger partial charge is 0.0751 e. The van der Waals surface area contributed by atoms with Gasteiger partial charge >= 0.3 is 0 Å². The molecule has 3 aromatic carbocycles. The number of aromatic nitrogens is 2.